The van der Waals surface area contributed by atoms with Gasteiger partial charge in [0.1, 0.15) is 6.67 Å². The highest BCUT2D eigenvalue weighted by molar-refractivity contribution is 6.14. The van der Waals surface area contributed by atoms with Gasteiger partial charge in [-0.1, -0.05) is 203 Å². The summed E-state index contributed by atoms with van der Waals surface area (Å²) in [6.07, 6.45) is 17.4. The van der Waals surface area contributed by atoms with E-state index in [4.69, 9.17) is 22.1 Å². The Kier molecular flexibility index (Phi) is 28.7. The van der Waals surface area contributed by atoms with Gasteiger partial charge in [-0.15, -0.1) is 0 Å². The Morgan fingerprint density at radius 3 is 0.890 bits per heavy atom. The lowest BCUT2D eigenvalue weighted by molar-refractivity contribution is 0.336. The van der Waals surface area contributed by atoms with E-state index in [1.165, 1.54) is 73.3 Å². The summed E-state index contributed by atoms with van der Waals surface area (Å²) in [5, 5.41) is 10.9. The molecular formula is C116H123N15O5. The lowest BCUT2D eigenvalue weighted by atomic mass is 10.1. The molecule has 20 aromatic rings. The van der Waals surface area contributed by atoms with E-state index in [1.807, 2.05) is 106 Å². The molecule has 0 bridgehead atoms. The first-order valence-corrected chi connectivity index (χ1v) is 47.9. The van der Waals surface area contributed by atoms with E-state index < -0.39 is 0 Å². The summed E-state index contributed by atoms with van der Waals surface area (Å²) < 4.78 is 30.8. The number of aryl methyl sites for hydroxylation is 5. The van der Waals surface area contributed by atoms with Gasteiger partial charge in [0.15, 0.2) is 27.9 Å². The second kappa shape index (κ2) is 41.7. The minimum Gasteiger partial charge on any atom is -0.435 e. The van der Waals surface area contributed by atoms with Crippen LogP contribution < -0.4 is 44.1 Å². The molecule has 0 saturated heterocycles. The van der Waals surface area contributed by atoms with Crippen molar-refractivity contribution >= 4 is 184 Å². The molecule has 0 saturated carbocycles. The van der Waals surface area contributed by atoms with E-state index >= 15 is 0 Å². The molecule has 692 valence electrons. The Bertz CT molecular complexity index is 7620. The third kappa shape index (κ3) is 17.7. The number of nitrogens with zero attached hydrogens (tertiary/aromatic N) is 15. The average Bonchev–Trinajstić information content (AvgIpc) is 1.58. The Labute approximate surface area is 797 Å². The molecule has 10 aromatic carbocycles. The minimum absolute atomic E-state index is 0.429. The molecule has 25 rings (SSSR count). The number of pyridine rings is 5. The van der Waals surface area contributed by atoms with E-state index in [0.29, 0.717) is 40.7 Å². The normalized spacial score (nSPS) is 13.2. The fourth-order valence-corrected chi connectivity index (χ4v) is 18.5. The van der Waals surface area contributed by atoms with Gasteiger partial charge in [0.05, 0.1) is 89.2 Å². The first-order chi connectivity index (χ1) is 66.7. The number of furan rings is 5. The molecule has 20 nitrogen and oxygen atoms in total. The zero-order valence-corrected chi connectivity index (χ0v) is 81.9. The molecule has 0 radical (unpaired) electrons. The molecule has 0 spiro atoms. The molecule has 0 fully saturated rings. The molecule has 10 aromatic heterocycles. The van der Waals surface area contributed by atoms with Gasteiger partial charge < -0.3 is 71.1 Å². The van der Waals surface area contributed by atoms with Gasteiger partial charge in [-0.2, -0.15) is 0 Å². The van der Waals surface area contributed by atoms with Crippen LogP contribution in [0.5, 0.6) is 0 Å². The number of aromatic nitrogens is 5. The highest BCUT2D eigenvalue weighted by Gasteiger charge is 2.35. The first-order valence-electron chi connectivity index (χ1n) is 47.9. The summed E-state index contributed by atoms with van der Waals surface area (Å²) in [5.41, 5.74) is 29.3. The largest absolute Gasteiger partial charge is 0.435 e. The monoisotopic (exact) mass is 1810 g/mol. The molecule has 0 N–H and O–H groups in total. The van der Waals surface area contributed by atoms with Crippen molar-refractivity contribution in [3.05, 3.63) is 338 Å². The van der Waals surface area contributed by atoms with E-state index in [9.17, 15) is 0 Å². The van der Waals surface area contributed by atoms with Crippen molar-refractivity contribution in [2.45, 2.75) is 144 Å². The summed E-state index contributed by atoms with van der Waals surface area (Å²) >= 11 is 0. The number of rotatable bonds is 9. The van der Waals surface area contributed by atoms with Gasteiger partial charge in [-0.05, 0) is 211 Å². The van der Waals surface area contributed by atoms with E-state index in [0.717, 1.165) is 144 Å². The molecule has 0 atom stereocenters. The summed E-state index contributed by atoms with van der Waals surface area (Å²) in [4.78, 5) is 45.0. The third-order valence-electron chi connectivity index (χ3n) is 24.7. The van der Waals surface area contributed by atoms with Gasteiger partial charge in [-0.25, -0.2) is 24.9 Å². The van der Waals surface area contributed by atoms with Gasteiger partial charge >= 0.3 is 0 Å². The van der Waals surface area contributed by atoms with Gasteiger partial charge in [0, 0.05) is 140 Å². The molecule has 136 heavy (non-hydrogen) atoms. The zero-order valence-electron chi connectivity index (χ0n) is 81.9. The van der Waals surface area contributed by atoms with Crippen LogP contribution in [-0.2, 0) is 0 Å². The van der Waals surface area contributed by atoms with Crippen molar-refractivity contribution in [2.24, 2.45) is 0 Å². The summed E-state index contributed by atoms with van der Waals surface area (Å²) in [6, 6.07) is 89.0. The molecular weight excluding hydrogens is 1680 g/mol. The molecule has 0 amide bonds. The summed E-state index contributed by atoms with van der Waals surface area (Å²) in [7, 11) is 2.12. The lowest BCUT2D eigenvalue weighted by Crippen LogP contribution is -2.33. The second-order valence-electron chi connectivity index (χ2n) is 33.3. The van der Waals surface area contributed by atoms with Crippen molar-refractivity contribution in [3.63, 3.8) is 0 Å². The predicted octanol–water partition coefficient (Wildman–Crippen LogP) is 31.4. The fourth-order valence-electron chi connectivity index (χ4n) is 18.5. The topological polar surface area (TPSA) is 163 Å². The quantitative estimate of drug-likeness (QED) is 0.134. The van der Waals surface area contributed by atoms with Crippen LogP contribution >= 0.6 is 0 Å². The number of para-hydroxylation sites is 8. The number of benzene rings is 10. The Hall–Kier alpha value is -15.6. The summed E-state index contributed by atoms with van der Waals surface area (Å²) in [5.74, 6) is 0. The number of hydrogen-bond donors (Lipinski definition) is 0. The van der Waals surface area contributed by atoms with Crippen molar-refractivity contribution in [1.82, 2.24) is 29.8 Å². The maximum atomic E-state index is 6.26. The van der Waals surface area contributed by atoms with Crippen LogP contribution in [-0.4, -0.2) is 82.3 Å². The van der Waals surface area contributed by atoms with Crippen LogP contribution in [0, 0.1) is 34.6 Å². The highest BCUT2D eigenvalue weighted by Crippen LogP contribution is 2.52. The highest BCUT2D eigenvalue weighted by atomic mass is 16.4. The molecule has 0 aliphatic carbocycles. The number of hydrogen-bond acceptors (Lipinski definition) is 20. The summed E-state index contributed by atoms with van der Waals surface area (Å²) in [6.45, 7) is 43.5. The van der Waals surface area contributed by atoms with Gasteiger partial charge in [-0.3, -0.25) is 0 Å². The van der Waals surface area contributed by atoms with Crippen LogP contribution in [0.25, 0.3) is 110 Å². The van der Waals surface area contributed by atoms with Crippen molar-refractivity contribution in [1.29, 1.82) is 0 Å². The molecule has 20 heteroatoms. The predicted molar refractivity (Wildman–Crippen MR) is 572 cm³/mol. The Morgan fingerprint density at radius 2 is 0.522 bits per heavy atom. The second-order valence-corrected chi connectivity index (χ2v) is 33.3. The van der Waals surface area contributed by atoms with Crippen molar-refractivity contribution in [3.8, 4) is 0 Å². The van der Waals surface area contributed by atoms with Crippen LogP contribution in [0.4, 0.5) is 73.9 Å². The zero-order chi connectivity index (χ0) is 95.5. The Morgan fingerprint density at radius 1 is 0.235 bits per heavy atom. The van der Waals surface area contributed by atoms with Gasteiger partial charge in [0.2, 0.25) is 28.6 Å². The SMILES string of the molecule is CC.CC.CC.CC.CC.Cc1ccc2c(oc3ncccc32)c1N1C=CN(C(C)C)C1.Cc1ccc2c(oc3ncccc32)c1N1C=CN(c2ccccc2)C1.Cc1ccc2c(oc3ncccc32)c1N1CN(C(C)C)c2ccccc21.Cc1ccc2c(oc3ncccc32)c1N1CN(C)c2ccccc21.Cc1ccc2c(oc3ncccc32)c1N1CN(c2ccccc2)c2ccccc21. The van der Waals surface area contributed by atoms with Gasteiger partial charge in [0.25, 0.3) is 0 Å². The van der Waals surface area contributed by atoms with E-state index in [-0.39, 0.29) is 0 Å². The fraction of sp³-hybridized carbons (Fsp3) is 0.233. The third-order valence-corrected chi connectivity index (χ3v) is 24.7. The minimum atomic E-state index is 0.429. The lowest BCUT2D eigenvalue weighted by Gasteiger charge is -2.26. The smallest absolute Gasteiger partial charge is 0.227 e. The molecule has 5 aliphatic heterocycles. The van der Waals surface area contributed by atoms with Crippen LogP contribution in [0.2, 0.25) is 0 Å². The first kappa shape index (κ1) is 93.7. The number of anilines is 13. The Balaban J connectivity index is 0.000000121. The van der Waals surface area contributed by atoms with E-state index in [1.54, 1.807) is 31.0 Å². The van der Waals surface area contributed by atoms with Crippen LogP contribution in [0.3, 0.4) is 0 Å². The maximum absolute atomic E-state index is 6.26. The van der Waals surface area contributed by atoms with Crippen LogP contribution in [0.1, 0.15) is 125 Å². The average molecular weight is 1810 g/mol. The molecule has 15 heterocycles. The molecule has 5 aliphatic rings. The standard InChI is InChI=1S/C25H19N3O.C22H21N3O.C21H17N3O.C20H17N3O.C18H19N3O.5C2H6/c1-17-13-14-19-20-10-7-15-26-25(20)29-24(19)23(17)28-16-27(18-8-3-2-4-9-18)21-11-5-6-12-22(21)28;1-14(2)24-13-25(19-9-5-4-8-18(19)24)20-15(3)10-11-16-17-7-6-12-23-22(17)26-21(16)20;1-15-9-10-17-18-8-5-11-22-21(18)25-20(17)19(15)24-13-12-23(14-24)16-6-3-2-4-7-16;1-13-9-10-14-15-6-5-11-21-20(15)24-19(14)18(13)23-12-22(2)16-7-3-4-8-17(16)23;1-12(2)20-9-10-21(11-20)16-13(3)6-7-14-15-5-4-8-19-18(15)22-17(14)16;5*1-2/h2-15H,16H2,1H3;4-12,14H,13H2,1-3H3;2-13H,14H2,1H3;3-11H,12H2,1-2H3;4-10,12H,11H2,1-3H3;5*1-2H3. The molecule has 0 unspecified atom stereocenters. The number of fused-ring (bicyclic) bond motifs is 18. The van der Waals surface area contributed by atoms with Crippen molar-refractivity contribution in [2.75, 3.05) is 84.5 Å². The van der Waals surface area contributed by atoms with Crippen molar-refractivity contribution < 1.29 is 22.1 Å². The van der Waals surface area contributed by atoms with E-state index in [2.05, 4.69) is 386 Å². The van der Waals surface area contributed by atoms with Crippen LogP contribution in [0.15, 0.2) is 333 Å². The maximum Gasteiger partial charge on any atom is 0.227 e.